The Morgan fingerprint density at radius 3 is 2.59 bits per heavy atom. The smallest absolute Gasteiger partial charge is 0.197 e. The van der Waals surface area contributed by atoms with Gasteiger partial charge in [-0.05, 0) is 49.6 Å². The molecule has 3 aromatic rings. The van der Waals surface area contributed by atoms with E-state index in [-0.39, 0.29) is 5.43 Å². The molecule has 0 unspecified atom stereocenters. The quantitative estimate of drug-likeness (QED) is 0.682. The number of pyridine rings is 1. The maximum atomic E-state index is 12.8. The van der Waals surface area contributed by atoms with Gasteiger partial charge in [-0.1, -0.05) is 17.7 Å². The van der Waals surface area contributed by atoms with Crippen molar-refractivity contribution in [3.05, 3.63) is 51.1 Å². The molecule has 0 amide bonds. The predicted octanol–water partition coefficient (Wildman–Crippen LogP) is 4.24. The van der Waals surface area contributed by atoms with Crippen LogP contribution >= 0.6 is 11.6 Å². The van der Waals surface area contributed by atoms with Crippen molar-refractivity contribution in [2.24, 2.45) is 0 Å². The number of aromatic amines is 1. The molecule has 0 aliphatic carbocycles. The molecule has 0 spiro atoms. The average Bonchev–Trinajstić information content (AvgIpc) is 3.00. The van der Waals surface area contributed by atoms with Gasteiger partial charge in [-0.15, -0.1) is 0 Å². The fourth-order valence-electron chi connectivity index (χ4n) is 3.37. The zero-order valence-corrected chi connectivity index (χ0v) is 13.2. The highest BCUT2D eigenvalue weighted by molar-refractivity contribution is 6.35. The van der Waals surface area contributed by atoms with Crippen LogP contribution in [0.3, 0.4) is 0 Å². The lowest BCUT2D eigenvalue weighted by Gasteiger charge is -2.21. The second-order valence-electron chi connectivity index (χ2n) is 6.02. The minimum atomic E-state index is 0.0702. The molecule has 0 saturated carbocycles. The number of hydrogen-bond acceptors (Lipinski definition) is 2. The third kappa shape index (κ3) is 2.00. The summed E-state index contributed by atoms with van der Waals surface area (Å²) < 4.78 is 0. The van der Waals surface area contributed by atoms with E-state index in [1.807, 2.05) is 37.3 Å². The summed E-state index contributed by atoms with van der Waals surface area (Å²) >= 11 is 6.45. The van der Waals surface area contributed by atoms with Crippen LogP contribution < -0.4 is 10.3 Å². The van der Waals surface area contributed by atoms with Gasteiger partial charge in [0.1, 0.15) is 0 Å². The number of hydrogen-bond donors (Lipinski definition) is 1. The first-order chi connectivity index (χ1) is 10.6. The Kier molecular flexibility index (Phi) is 3.12. The van der Waals surface area contributed by atoms with E-state index in [4.69, 9.17) is 11.6 Å². The first-order valence-corrected chi connectivity index (χ1v) is 8.03. The Morgan fingerprint density at radius 2 is 1.82 bits per heavy atom. The number of benzene rings is 2. The maximum absolute atomic E-state index is 12.8. The molecule has 2 aromatic carbocycles. The first kappa shape index (κ1) is 13.6. The van der Waals surface area contributed by atoms with E-state index in [0.717, 1.165) is 40.8 Å². The molecule has 3 nitrogen and oxygen atoms in total. The van der Waals surface area contributed by atoms with E-state index < -0.39 is 0 Å². The van der Waals surface area contributed by atoms with Gasteiger partial charge in [0.25, 0.3) is 0 Å². The number of anilines is 1. The van der Waals surface area contributed by atoms with Gasteiger partial charge in [-0.25, -0.2) is 0 Å². The SMILES string of the molecule is Cc1ccc2c(=O)c3ccc(Cl)c(N4CCCC4)c3[nH]c2c1. The Hall–Kier alpha value is -2.00. The highest BCUT2D eigenvalue weighted by Crippen LogP contribution is 2.35. The van der Waals surface area contributed by atoms with E-state index in [9.17, 15) is 4.79 Å². The molecule has 2 heterocycles. The normalized spacial score (nSPS) is 15.1. The largest absolute Gasteiger partial charge is 0.369 e. The van der Waals surface area contributed by atoms with Crippen LogP contribution in [0.2, 0.25) is 5.02 Å². The summed E-state index contributed by atoms with van der Waals surface area (Å²) in [6.07, 6.45) is 2.34. The molecule has 112 valence electrons. The summed E-state index contributed by atoms with van der Waals surface area (Å²) in [6, 6.07) is 9.56. The van der Waals surface area contributed by atoms with Crippen molar-refractivity contribution < 1.29 is 0 Å². The number of aromatic nitrogens is 1. The van der Waals surface area contributed by atoms with Crippen LogP contribution in [0.1, 0.15) is 18.4 Å². The molecule has 22 heavy (non-hydrogen) atoms. The van der Waals surface area contributed by atoms with Crippen LogP contribution in [0.15, 0.2) is 35.1 Å². The van der Waals surface area contributed by atoms with Gasteiger partial charge in [0.05, 0.1) is 21.7 Å². The van der Waals surface area contributed by atoms with E-state index in [1.54, 1.807) is 0 Å². The predicted molar refractivity (Wildman–Crippen MR) is 93.3 cm³/mol. The third-order valence-electron chi connectivity index (χ3n) is 4.47. The van der Waals surface area contributed by atoms with Crippen LogP contribution in [0, 0.1) is 6.92 Å². The second kappa shape index (κ2) is 5.03. The van der Waals surface area contributed by atoms with Crippen molar-refractivity contribution >= 4 is 39.1 Å². The van der Waals surface area contributed by atoms with Crippen LogP contribution in [0.4, 0.5) is 5.69 Å². The molecular formula is C18H17ClN2O. The summed E-state index contributed by atoms with van der Waals surface area (Å²) in [5.41, 5.74) is 3.91. The van der Waals surface area contributed by atoms with E-state index >= 15 is 0 Å². The molecule has 1 N–H and O–H groups in total. The molecule has 1 fully saturated rings. The Labute approximate surface area is 133 Å². The molecule has 4 rings (SSSR count). The number of H-pyrrole nitrogens is 1. The van der Waals surface area contributed by atoms with Crippen molar-refractivity contribution in [3.8, 4) is 0 Å². The molecule has 1 aromatic heterocycles. The van der Waals surface area contributed by atoms with E-state index in [1.165, 1.54) is 12.8 Å². The average molecular weight is 313 g/mol. The lowest BCUT2D eigenvalue weighted by molar-refractivity contribution is 0.949. The van der Waals surface area contributed by atoms with Crippen LogP contribution in [-0.2, 0) is 0 Å². The summed E-state index contributed by atoms with van der Waals surface area (Å²) in [5.74, 6) is 0. The third-order valence-corrected chi connectivity index (χ3v) is 4.78. The standard InChI is InChI=1S/C18H17ClN2O/c1-11-4-5-12-15(10-11)20-16-13(18(12)22)6-7-14(19)17(16)21-8-2-3-9-21/h4-7,10H,2-3,8-9H2,1H3,(H,20,22). The summed E-state index contributed by atoms with van der Waals surface area (Å²) in [7, 11) is 0. The summed E-state index contributed by atoms with van der Waals surface area (Å²) in [4.78, 5) is 18.5. The molecule has 1 aliphatic rings. The van der Waals surface area contributed by atoms with Gasteiger partial charge >= 0.3 is 0 Å². The number of halogens is 1. The Morgan fingerprint density at radius 1 is 1.09 bits per heavy atom. The zero-order valence-electron chi connectivity index (χ0n) is 12.4. The van der Waals surface area contributed by atoms with Crippen LogP contribution in [0.5, 0.6) is 0 Å². The number of nitrogens with zero attached hydrogens (tertiary/aromatic N) is 1. The molecule has 0 radical (unpaired) electrons. The molecule has 1 saturated heterocycles. The van der Waals surface area contributed by atoms with E-state index in [2.05, 4.69) is 9.88 Å². The zero-order chi connectivity index (χ0) is 15.3. The first-order valence-electron chi connectivity index (χ1n) is 7.65. The molecule has 0 bridgehead atoms. The second-order valence-corrected chi connectivity index (χ2v) is 6.42. The van der Waals surface area contributed by atoms with Gasteiger partial charge in [-0.2, -0.15) is 0 Å². The molecular weight excluding hydrogens is 296 g/mol. The van der Waals surface area contributed by atoms with Crippen molar-refractivity contribution in [1.29, 1.82) is 0 Å². The van der Waals surface area contributed by atoms with Crippen molar-refractivity contribution in [3.63, 3.8) is 0 Å². The van der Waals surface area contributed by atoms with Gasteiger partial charge in [0.15, 0.2) is 5.43 Å². The van der Waals surface area contributed by atoms with Crippen LogP contribution in [0.25, 0.3) is 21.8 Å². The molecule has 1 aliphatic heterocycles. The van der Waals surface area contributed by atoms with Gasteiger partial charge in [0, 0.05) is 23.9 Å². The minimum Gasteiger partial charge on any atom is -0.369 e. The van der Waals surface area contributed by atoms with Crippen molar-refractivity contribution in [1.82, 2.24) is 4.98 Å². The summed E-state index contributed by atoms with van der Waals surface area (Å²) in [5, 5.41) is 2.15. The topological polar surface area (TPSA) is 36.1 Å². The van der Waals surface area contributed by atoms with E-state index in [0.29, 0.717) is 10.4 Å². The highest BCUT2D eigenvalue weighted by Gasteiger charge is 2.20. The Bertz CT molecular complexity index is 939. The van der Waals surface area contributed by atoms with Crippen molar-refractivity contribution in [2.75, 3.05) is 18.0 Å². The highest BCUT2D eigenvalue weighted by atomic mass is 35.5. The maximum Gasteiger partial charge on any atom is 0.197 e. The summed E-state index contributed by atoms with van der Waals surface area (Å²) in [6.45, 7) is 4.01. The van der Waals surface area contributed by atoms with Gasteiger partial charge < -0.3 is 9.88 Å². The fraction of sp³-hybridized carbons (Fsp3) is 0.278. The van der Waals surface area contributed by atoms with Crippen molar-refractivity contribution in [2.45, 2.75) is 19.8 Å². The molecule has 4 heteroatoms. The molecule has 0 atom stereocenters. The Balaban J connectivity index is 2.12. The number of nitrogens with one attached hydrogen (secondary N) is 1. The van der Waals surface area contributed by atoms with Gasteiger partial charge in [-0.3, -0.25) is 4.79 Å². The number of rotatable bonds is 1. The minimum absolute atomic E-state index is 0.0702. The lowest BCUT2D eigenvalue weighted by atomic mass is 10.1. The number of aryl methyl sites for hydroxylation is 1. The van der Waals surface area contributed by atoms with Gasteiger partial charge in [0.2, 0.25) is 0 Å². The van der Waals surface area contributed by atoms with Crippen LogP contribution in [-0.4, -0.2) is 18.1 Å². The number of fused-ring (bicyclic) bond motifs is 2. The monoisotopic (exact) mass is 312 g/mol. The lowest BCUT2D eigenvalue weighted by Crippen LogP contribution is -2.19. The fourth-order valence-corrected chi connectivity index (χ4v) is 3.65.